The minimum Gasteiger partial charge on any atom is -0.468 e. The normalized spacial score (nSPS) is 18.2. The summed E-state index contributed by atoms with van der Waals surface area (Å²) in [6.07, 6.45) is 2.59. The lowest BCUT2D eigenvalue weighted by molar-refractivity contribution is -0.139. The topological polar surface area (TPSA) is 87.0 Å². The highest BCUT2D eigenvalue weighted by Gasteiger charge is 2.27. The Balaban J connectivity index is 1.29. The van der Waals surface area contributed by atoms with Crippen molar-refractivity contribution >= 4 is 11.8 Å². The number of amides is 2. The fraction of sp³-hybridized carbons (Fsp3) is 0.478. The molecule has 8 heteroatoms. The van der Waals surface area contributed by atoms with Crippen molar-refractivity contribution in [1.29, 1.82) is 0 Å². The number of benzene rings is 1. The summed E-state index contributed by atoms with van der Waals surface area (Å²) in [6.45, 7) is 6.24. The van der Waals surface area contributed by atoms with Gasteiger partial charge in [-0.15, -0.1) is 0 Å². The van der Waals surface area contributed by atoms with Crippen LogP contribution in [0.5, 0.6) is 0 Å². The van der Waals surface area contributed by atoms with Crippen molar-refractivity contribution in [2.75, 3.05) is 52.5 Å². The third-order valence-electron chi connectivity index (χ3n) is 5.95. The van der Waals surface area contributed by atoms with Crippen LogP contribution >= 0.6 is 0 Å². The lowest BCUT2D eigenvalue weighted by Gasteiger charge is -2.34. The minimum atomic E-state index is -0.615. The average molecular weight is 427 g/mol. The van der Waals surface area contributed by atoms with Gasteiger partial charge in [-0.2, -0.15) is 0 Å². The molecule has 0 bridgehead atoms. The Bertz CT molecular complexity index is 864. The standard InChI is InChI=1S/C23H30N4O4/c28-22(24-8-10-26-11-14-30-15-12-26)23(29)25-16-20(21-6-3-13-31-21)27-9-7-18-4-1-2-5-19(18)17-27/h1-6,13,20H,7-12,14-17H2,(H,24,28)(H,25,29). The first kappa shape index (κ1) is 21.5. The van der Waals surface area contributed by atoms with Crippen LogP contribution in [0, 0.1) is 0 Å². The van der Waals surface area contributed by atoms with Crippen molar-refractivity contribution in [3.8, 4) is 0 Å². The summed E-state index contributed by atoms with van der Waals surface area (Å²) in [5.41, 5.74) is 2.65. The average Bonchev–Trinajstić information content (AvgIpc) is 3.34. The number of nitrogens with one attached hydrogen (secondary N) is 2. The quantitative estimate of drug-likeness (QED) is 0.641. The molecule has 1 fully saturated rings. The van der Waals surface area contributed by atoms with Crippen molar-refractivity contribution < 1.29 is 18.7 Å². The Hall–Kier alpha value is -2.68. The Kier molecular flexibility index (Phi) is 7.35. The van der Waals surface area contributed by atoms with Crippen LogP contribution in [0.4, 0.5) is 0 Å². The molecular weight excluding hydrogens is 396 g/mol. The molecule has 2 aliphatic rings. The van der Waals surface area contributed by atoms with Crippen LogP contribution in [-0.2, 0) is 27.3 Å². The SMILES string of the molecule is O=C(NCCN1CCOCC1)C(=O)NCC(c1ccco1)N1CCc2ccccc2C1. The molecule has 1 saturated heterocycles. The largest absolute Gasteiger partial charge is 0.468 e. The van der Waals surface area contributed by atoms with E-state index in [1.54, 1.807) is 6.26 Å². The van der Waals surface area contributed by atoms with E-state index >= 15 is 0 Å². The van der Waals surface area contributed by atoms with Gasteiger partial charge in [0.05, 0.1) is 25.5 Å². The lowest BCUT2D eigenvalue weighted by atomic mass is 9.98. The summed E-state index contributed by atoms with van der Waals surface area (Å²) in [7, 11) is 0. The number of carbonyl (C=O) groups is 2. The Morgan fingerprint density at radius 1 is 0.968 bits per heavy atom. The maximum Gasteiger partial charge on any atom is 0.309 e. The van der Waals surface area contributed by atoms with Gasteiger partial charge in [0, 0.05) is 45.8 Å². The highest BCUT2D eigenvalue weighted by atomic mass is 16.5. The zero-order valence-electron chi connectivity index (χ0n) is 17.7. The number of ether oxygens (including phenoxy) is 1. The summed E-state index contributed by atoms with van der Waals surface area (Å²) in [5.74, 6) is -0.432. The molecule has 2 amide bonds. The Morgan fingerprint density at radius 2 is 1.74 bits per heavy atom. The van der Waals surface area contributed by atoms with Crippen molar-refractivity contribution in [1.82, 2.24) is 20.4 Å². The summed E-state index contributed by atoms with van der Waals surface area (Å²) >= 11 is 0. The summed E-state index contributed by atoms with van der Waals surface area (Å²) in [6, 6.07) is 12.1. The van der Waals surface area contributed by atoms with Crippen LogP contribution in [0.2, 0.25) is 0 Å². The number of hydrogen-bond acceptors (Lipinski definition) is 6. The van der Waals surface area contributed by atoms with E-state index < -0.39 is 11.8 Å². The molecule has 0 radical (unpaired) electrons. The molecule has 2 aliphatic heterocycles. The predicted molar refractivity (Wildman–Crippen MR) is 115 cm³/mol. The lowest BCUT2D eigenvalue weighted by Crippen LogP contribution is -2.47. The van der Waals surface area contributed by atoms with Gasteiger partial charge < -0.3 is 19.8 Å². The predicted octanol–water partition coefficient (Wildman–Crippen LogP) is 0.944. The molecule has 1 aromatic carbocycles. The van der Waals surface area contributed by atoms with Crippen LogP contribution in [0.1, 0.15) is 22.9 Å². The van der Waals surface area contributed by atoms with E-state index in [4.69, 9.17) is 9.15 Å². The minimum absolute atomic E-state index is 0.131. The second kappa shape index (κ2) is 10.6. The third kappa shape index (κ3) is 5.72. The van der Waals surface area contributed by atoms with Gasteiger partial charge in [0.1, 0.15) is 5.76 Å². The van der Waals surface area contributed by atoms with E-state index in [1.807, 2.05) is 18.2 Å². The fourth-order valence-electron chi connectivity index (χ4n) is 4.18. The van der Waals surface area contributed by atoms with E-state index in [-0.39, 0.29) is 6.04 Å². The van der Waals surface area contributed by atoms with E-state index in [0.717, 1.165) is 38.4 Å². The maximum atomic E-state index is 12.4. The highest BCUT2D eigenvalue weighted by Crippen LogP contribution is 2.27. The molecule has 2 aromatic rings. The number of carbonyl (C=O) groups excluding carboxylic acids is 2. The molecule has 2 N–H and O–H groups in total. The molecule has 4 rings (SSSR count). The van der Waals surface area contributed by atoms with Gasteiger partial charge in [-0.05, 0) is 29.7 Å². The molecule has 1 aromatic heterocycles. The van der Waals surface area contributed by atoms with Crippen molar-refractivity contribution in [2.24, 2.45) is 0 Å². The van der Waals surface area contributed by atoms with E-state index in [1.165, 1.54) is 11.1 Å². The van der Waals surface area contributed by atoms with Gasteiger partial charge in [0.2, 0.25) is 0 Å². The fourth-order valence-corrected chi connectivity index (χ4v) is 4.18. The van der Waals surface area contributed by atoms with Gasteiger partial charge in [0.15, 0.2) is 0 Å². The number of hydrogen-bond donors (Lipinski definition) is 2. The van der Waals surface area contributed by atoms with Gasteiger partial charge in [-0.25, -0.2) is 0 Å². The van der Waals surface area contributed by atoms with Crippen LogP contribution in [-0.4, -0.2) is 74.1 Å². The molecular formula is C23H30N4O4. The first-order valence-electron chi connectivity index (χ1n) is 10.9. The number of morpholine rings is 1. The van der Waals surface area contributed by atoms with Gasteiger partial charge in [-0.3, -0.25) is 19.4 Å². The first-order chi connectivity index (χ1) is 15.2. The monoisotopic (exact) mass is 426 g/mol. The Labute approximate surface area is 182 Å². The maximum absolute atomic E-state index is 12.4. The van der Waals surface area contributed by atoms with Gasteiger partial charge >= 0.3 is 11.8 Å². The molecule has 8 nitrogen and oxygen atoms in total. The molecule has 0 spiro atoms. The Morgan fingerprint density at radius 3 is 2.52 bits per heavy atom. The molecule has 0 saturated carbocycles. The molecule has 31 heavy (non-hydrogen) atoms. The van der Waals surface area contributed by atoms with Crippen molar-refractivity contribution in [3.05, 3.63) is 59.5 Å². The summed E-state index contributed by atoms with van der Waals surface area (Å²) in [5, 5.41) is 5.50. The number of nitrogens with zero attached hydrogens (tertiary/aromatic N) is 2. The van der Waals surface area contributed by atoms with E-state index in [2.05, 4.69) is 38.6 Å². The van der Waals surface area contributed by atoms with E-state index in [9.17, 15) is 9.59 Å². The second-order valence-electron chi connectivity index (χ2n) is 7.94. The smallest absolute Gasteiger partial charge is 0.309 e. The summed E-state index contributed by atoms with van der Waals surface area (Å²) < 4.78 is 11.0. The van der Waals surface area contributed by atoms with Crippen LogP contribution < -0.4 is 10.6 Å². The summed E-state index contributed by atoms with van der Waals surface area (Å²) in [4.78, 5) is 29.1. The third-order valence-corrected chi connectivity index (χ3v) is 5.95. The van der Waals surface area contributed by atoms with Gasteiger partial charge in [0.25, 0.3) is 0 Å². The highest BCUT2D eigenvalue weighted by molar-refractivity contribution is 6.35. The molecule has 0 aliphatic carbocycles. The number of rotatable bonds is 7. The molecule has 1 atom stereocenters. The zero-order chi connectivity index (χ0) is 21.5. The second-order valence-corrected chi connectivity index (χ2v) is 7.94. The van der Waals surface area contributed by atoms with Crippen molar-refractivity contribution in [2.45, 2.75) is 19.0 Å². The molecule has 1 unspecified atom stereocenters. The number of fused-ring (bicyclic) bond motifs is 1. The molecule has 166 valence electrons. The van der Waals surface area contributed by atoms with Gasteiger partial charge in [-0.1, -0.05) is 24.3 Å². The van der Waals surface area contributed by atoms with Crippen LogP contribution in [0.3, 0.4) is 0 Å². The molecule has 3 heterocycles. The first-order valence-corrected chi connectivity index (χ1v) is 10.9. The zero-order valence-corrected chi connectivity index (χ0v) is 17.7. The number of furan rings is 1. The van der Waals surface area contributed by atoms with E-state index in [0.29, 0.717) is 32.8 Å². The van der Waals surface area contributed by atoms with Crippen LogP contribution in [0.15, 0.2) is 47.1 Å². The van der Waals surface area contributed by atoms with Crippen molar-refractivity contribution in [3.63, 3.8) is 0 Å². The van der Waals surface area contributed by atoms with Crippen LogP contribution in [0.25, 0.3) is 0 Å².